The molecular formula is C11H14N2O2. The van der Waals surface area contributed by atoms with E-state index in [1.165, 1.54) is 0 Å². The summed E-state index contributed by atoms with van der Waals surface area (Å²) >= 11 is 0. The Morgan fingerprint density at radius 2 is 2.20 bits per heavy atom. The Morgan fingerprint density at radius 3 is 2.73 bits per heavy atom. The topological polar surface area (TPSA) is 79.3 Å². The number of aliphatic hydroxyl groups excluding tert-OH is 1. The zero-order valence-corrected chi connectivity index (χ0v) is 8.55. The van der Waals surface area contributed by atoms with Crippen LogP contribution in [0.4, 0.5) is 5.69 Å². The molecule has 0 heterocycles. The lowest BCUT2D eigenvalue weighted by molar-refractivity contribution is 0.0140. The molecule has 1 rings (SSSR count). The number of rotatable bonds is 4. The first-order valence-electron chi connectivity index (χ1n) is 4.78. The van der Waals surface area contributed by atoms with Crippen molar-refractivity contribution < 1.29 is 9.84 Å². The maximum Gasteiger partial charge on any atom is 0.287 e. The van der Waals surface area contributed by atoms with Crippen molar-refractivity contribution in [3.05, 3.63) is 29.8 Å². The molecule has 0 unspecified atom stereocenters. The van der Waals surface area contributed by atoms with E-state index in [1.807, 2.05) is 6.92 Å². The van der Waals surface area contributed by atoms with Gasteiger partial charge in [-0.05, 0) is 12.5 Å². The van der Waals surface area contributed by atoms with Gasteiger partial charge in [-0.15, -0.1) is 0 Å². The minimum Gasteiger partial charge on any atom is -0.416 e. The highest BCUT2D eigenvalue weighted by Gasteiger charge is 2.23. The van der Waals surface area contributed by atoms with Gasteiger partial charge in [0.15, 0.2) is 6.10 Å². The van der Waals surface area contributed by atoms with Gasteiger partial charge >= 0.3 is 0 Å². The molecule has 0 radical (unpaired) electrons. The Bertz CT molecular complexity index is 360. The Hall–Kier alpha value is -1.73. The summed E-state index contributed by atoms with van der Waals surface area (Å²) in [5.41, 5.74) is 6.91. The van der Waals surface area contributed by atoms with E-state index in [0.29, 0.717) is 17.7 Å². The van der Waals surface area contributed by atoms with Crippen LogP contribution in [0.5, 0.6) is 0 Å². The van der Waals surface area contributed by atoms with Crippen molar-refractivity contribution in [3.63, 3.8) is 0 Å². The Labute approximate surface area is 88.9 Å². The van der Waals surface area contributed by atoms with Crippen LogP contribution in [-0.4, -0.2) is 11.2 Å². The van der Waals surface area contributed by atoms with Gasteiger partial charge in [-0.3, -0.25) is 0 Å². The summed E-state index contributed by atoms with van der Waals surface area (Å²) < 4.78 is 4.84. The Kier molecular flexibility index (Phi) is 3.95. The van der Waals surface area contributed by atoms with Crippen molar-refractivity contribution in [2.45, 2.75) is 25.6 Å². The number of nitrogens with two attached hydrogens (primary N) is 1. The van der Waals surface area contributed by atoms with Crippen LogP contribution in [0.2, 0.25) is 0 Å². The van der Waals surface area contributed by atoms with E-state index < -0.39 is 12.2 Å². The monoisotopic (exact) mass is 206 g/mol. The molecule has 3 N–H and O–H groups in total. The zero-order chi connectivity index (χ0) is 11.3. The molecular weight excluding hydrogens is 192 g/mol. The number of nitrogens with zero attached hydrogens (tertiary/aromatic N) is 1. The van der Waals surface area contributed by atoms with Crippen molar-refractivity contribution in [2.75, 3.05) is 5.73 Å². The van der Waals surface area contributed by atoms with Gasteiger partial charge in [0.1, 0.15) is 0 Å². The predicted octanol–water partition coefficient (Wildman–Crippen LogP) is 1.58. The van der Waals surface area contributed by atoms with Gasteiger partial charge in [-0.25, -0.2) is 0 Å². The van der Waals surface area contributed by atoms with Crippen LogP contribution in [0.25, 0.3) is 0 Å². The lowest BCUT2D eigenvalue weighted by Gasteiger charge is -2.20. The van der Waals surface area contributed by atoms with E-state index >= 15 is 0 Å². The summed E-state index contributed by atoms with van der Waals surface area (Å²) in [5.74, 6) is 0. The molecule has 0 saturated heterocycles. The second-order valence-corrected chi connectivity index (χ2v) is 3.23. The molecule has 0 aliphatic carbocycles. The number of para-hydroxylation sites is 1. The average Bonchev–Trinajstić information content (AvgIpc) is 2.26. The molecule has 0 bridgehead atoms. The van der Waals surface area contributed by atoms with Crippen LogP contribution in [-0.2, 0) is 4.74 Å². The van der Waals surface area contributed by atoms with Gasteiger partial charge < -0.3 is 15.6 Å². The van der Waals surface area contributed by atoms with Gasteiger partial charge in [0.2, 0.25) is 0 Å². The fourth-order valence-corrected chi connectivity index (χ4v) is 1.39. The number of hydrogen-bond donors (Lipinski definition) is 2. The van der Waals surface area contributed by atoms with Crippen LogP contribution in [0.1, 0.15) is 25.0 Å². The van der Waals surface area contributed by atoms with Crippen LogP contribution in [0.3, 0.4) is 0 Å². The Balaban J connectivity index is 2.99. The van der Waals surface area contributed by atoms with Crippen LogP contribution < -0.4 is 5.73 Å². The largest absolute Gasteiger partial charge is 0.416 e. The van der Waals surface area contributed by atoms with Crippen LogP contribution in [0.15, 0.2) is 24.3 Å². The van der Waals surface area contributed by atoms with E-state index in [2.05, 4.69) is 0 Å². The van der Waals surface area contributed by atoms with E-state index in [0.717, 1.165) is 0 Å². The van der Waals surface area contributed by atoms with Crippen molar-refractivity contribution >= 4 is 5.69 Å². The molecule has 4 heteroatoms. The van der Waals surface area contributed by atoms with Crippen molar-refractivity contribution in [2.24, 2.45) is 0 Å². The molecule has 4 nitrogen and oxygen atoms in total. The first-order chi connectivity index (χ1) is 7.20. The molecule has 0 fully saturated rings. The summed E-state index contributed by atoms with van der Waals surface area (Å²) in [7, 11) is 0. The van der Waals surface area contributed by atoms with E-state index in [-0.39, 0.29) is 0 Å². The highest BCUT2D eigenvalue weighted by Crippen LogP contribution is 2.27. The summed E-state index contributed by atoms with van der Waals surface area (Å²) in [6.07, 6.45) is 0.687. The van der Waals surface area contributed by atoms with Crippen molar-refractivity contribution in [1.29, 1.82) is 5.26 Å². The quantitative estimate of drug-likeness (QED) is 0.579. The molecule has 1 aromatic carbocycles. The number of ether oxygens (including phenoxy) is 1. The predicted molar refractivity (Wildman–Crippen MR) is 56.6 cm³/mol. The van der Waals surface area contributed by atoms with Crippen molar-refractivity contribution in [1.82, 2.24) is 0 Å². The molecule has 1 aromatic rings. The van der Waals surface area contributed by atoms with Gasteiger partial charge in [-0.2, -0.15) is 5.26 Å². The fraction of sp³-hybridized carbons (Fsp3) is 0.364. The molecule has 0 spiro atoms. The first kappa shape index (κ1) is 11.3. The smallest absolute Gasteiger partial charge is 0.287 e. The first-order valence-corrected chi connectivity index (χ1v) is 4.78. The Morgan fingerprint density at radius 1 is 1.53 bits per heavy atom. The van der Waals surface area contributed by atoms with Gasteiger partial charge in [0, 0.05) is 11.3 Å². The lowest BCUT2D eigenvalue weighted by atomic mass is 10.0. The minimum atomic E-state index is -0.727. The number of benzene rings is 1. The van der Waals surface area contributed by atoms with Crippen LogP contribution >= 0.6 is 0 Å². The number of nitriles is 1. The molecule has 0 aliphatic rings. The fourth-order valence-electron chi connectivity index (χ4n) is 1.39. The lowest BCUT2D eigenvalue weighted by Crippen LogP contribution is -2.20. The molecule has 0 saturated carbocycles. The van der Waals surface area contributed by atoms with E-state index in [4.69, 9.17) is 15.7 Å². The highest BCUT2D eigenvalue weighted by atomic mass is 16.5. The van der Waals surface area contributed by atoms with Gasteiger partial charge in [0.05, 0.1) is 6.10 Å². The summed E-state index contributed by atoms with van der Waals surface area (Å²) in [5, 5.41) is 18.2. The van der Waals surface area contributed by atoms with Crippen LogP contribution in [0, 0.1) is 11.5 Å². The van der Waals surface area contributed by atoms with E-state index in [9.17, 15) is 5.11 Å². The molecule has 0 amide bonds. The number of nitrogen functional groups attached to an aromatic ring is 1. The standard InChI is InChI=1S/C11H14N2O2/c1-2-10(14)11(15-7-12)8-5-3-4-6-9(8)13/h3-6,10-11,14H,2,13H2,1H3/t10-,11-/m1/s1. The molecule has 0 aromatic heterocycles. The third-order valence-electron chi connectivity index (χ3n) is 2.25. The maximum atomic E-state index is 9.70. The molecule has 2 atom stereocenters. The maximum absolute atomic E-state index is 9.70. The SMILES string of the molecule is CC[C@@H](O)[C@H](OC#N)c1ccccc1N. The third kappa shape index (κ3) is 2.61. The van der Waals surface area contributed by atoms with E-state index in [1.54, 1.807) is 30.5 Å². The second kappa shape index (κ2) is 5.23. The second-order valence-electron chi connectivity index (χ2n) is 3.23. The summed E-state index contributed by atoms with van der Waals surface area (Å²) in [4.78, 5) is 0. The molecule has 0 aliphatic heterocycles. The van der Waals surface area contributed by atoms with Crippen molar-refractivity contribution in [3.8, 4) is 6.26 Å². The van der Waals surface area contributed by atoms with Gasteiger partial charge in [-0.1, -0.05) is 25.1 Å². The minimum absolute atomic E-state index is 0.501. The number of anilines is 1. The summed E-state index contributed by atoms with van der Waals surface area (Å²) in [6.45, 7) is 1.82. The average molecular weight is 206 g/mol. The molecule has 15 heavy (non-hydrogen) atoms. The third-order valence-corrected chi connectivity index (χ3v) is 2.25. The normalized spacial score (nSPS) is 13.9. The number of aliphatic hydroxyl groups is 1. The highest BCUT2D eigenvalue weighted by molar-refractivity contribution is 5.48. The van der Waals surface area contributed by atoms with Gasteiger partial charge in [0.25, 0.3) is 6.26 Å². The number of hydrogen-bond acceptors (Lipinski definition) is 4. The zero-order valence-electron chi connectivity index (χ0n) is 8.55. The molecule has 80 valence electrons. The summed E-state index contributed by atoms with van der Waals surface area (Å²) in [6, 6.07) is 7.05.